The molecule has 0 aliphatic carbocycles. The first kappa shape index (κ1) is 17.7. The second-order valence-electron chi connectivity index (χ2n) is 7.01. The molecule has 0 radical (unpaired) electrons. The van der Waals surface area contributed by atoms with E-state index in [2.05, 4.69) is 66.8 Å². The highest BCUT2D eigenvalue weighted by Gasteiger charge is 2.28. The summed E-state index contributed by atoms with van der Waals surface area (Å²) in [5, 5.41) is 6.76. The van der Waals surface area contributed by atoms with Gasteiger partial charge in [0.1, 0.15) is 0 Å². The SMILES string of the molecule is CC1=CC(C)(C)N(C)c2ccc(/C=N/NC(=O)Nc3ccccc3)cc21. The molecule has 0 fully saturated rings. The van der Waals surface area contributed by atoms with E-state index in [9.17, 15) is 4.79 Å². The van der Waals surface area contributed by atoms with Crippen molar-refractivity contribution in [2.75, 3.05) is 17.3 Å². The highest BCUT2D eigenvalue weighted by Crippen LogP contribution is 2.37. The van der Waals surface area contributed by atoms with Gasteiger partial charge in [0.15, 0.2) is 0 Å². The van der Waals surface area contributed by atoms with Gasteiger partial charge in [0.2, 0.25) is 0 Å². The summed E-state index contributed by atoms with van der Waals surface area (Å²) in [5.41, 5.74) is 7.76. The van der Waals surface area contributed by atoms with Crippen molar-refractivity contribution >= 4 is 29.2 Å². The number of anilines is 2. The van der Waals surface area contributed by atoms with Gasteiger partial charge in [-0.05, 0) is 56.2 Å². The molecule has 3 rings (SSSR count). The molecule has 1 heterocycles. The van der Waals surface area contributed by atoms with Crippen molar-refractivity contribution in [3.05, 3.63) is 65.7 Å². The molecule has 2 amide bonds. The normalized spacial score (nSPS) is 15.4. The topological polar surface area (TPSA) is 56.7 Å². The molecule has 0 bridgehead atoms. The van der Waals surface area contributed by atoms with Gasteiger partial charge in [-0.1, -0.05) is 30.3 Å². The van der Waals surface area contributed by atoms with Crippen LogP contribution in [0.25, 0.3) is 5.57 Å². The molecule has 0 saturated carbocycles. The van der Waals surface area contributed by atoms with Gasteiger partial charge in [-0.25, -0.2) is 10.2 Å². The number of carbonyl (C=O) groups is 1. The van der Waals surface area contributed by atoms with E-state index < -0.39 is 0 Å². The highest BCUT2D eigenvalue weighted by molar-refractivity contribution is 5.91. The zero-order chi connectivity index (χ0) is 18.7. The Hall–Kier alpha value is -3.08. The number of hydrogen-bond acceptors (Lipinski definition) is 3. The van der Waals surface area contributed by atoms with Crippen LogP contribution in [0.2, 0.25) is 0 Å². The van der Waals surface area contributed by atoms with E-state index in [4.69, 9.17) is 0 Å². The average molecular weight is 348 g/mol. The number of benzene rings is 2. The Labute approximate surface area is 154 Å². The quantitative estimate of drug-likeness (QED) is 0.635. The van der Waals surface area contributed by atoms with E-state index in [-0.39, 0.29) is 11.6 Å². The molecular weight excluding hydrogens is 324 g/mol. The molecule has 134 valence electrons. The Bertz CT molecular complexity index is 869. The molecule has 5 heteroatoms. The molecule has 1 aliphatic rings. The minimum atomic E-state index is -0.372. The fraction of sp³-hybridized carbons (Fsp3) is 0.238. The van der Waals surface area contributed by atoms with Gasteiger partial charge in [0, 0.05) is 24.0 Å². The first-order valence-corrected chi connectivity index (χ1v) is 8.60. The number of hydrazone groups is 1. The Kier molecular flexibility index (Phi) is 4.80. The maximum absolute atomic E-state index is 11.9. The molecule has 1 aliphatic heterocycles. The standard InChI is InChI=1S/C21H24N4O/c1-15-13-21(2,3)25(4)19-11-10-16(12-18(15)19)14-22-24-20(26)23-17-8-6-5-7-9-17/h5-14H,1-4H3,(H2,23,24,26)/b22-14+. The highest BCUT2D eigenvalue weighted by atomic mass is 16.2. The molecule has 26 heavy (non-hydrogen) atoms. The number of likely N-dealkylation sites (N-methyl/N-ethyl adjacent to an activating group) is 1. The van der Waals surface area contributed by atoms with Crippen molar-refractivity contribution in [1.82, 2.24) is 5.43 Å². The second kappa shape index (κ2) is 7.04. The molecule has 2 aromatic carbocycles. The Balaban J connectivity index is 1.69. The minimum Gasteiger partial charge on any atom is -0.366 e. The maximum atomic E-state index is 11.9. The predicted octanol–water partition coefficient (Wildman–Crippen LogP) is 4.47. The van der Waals surface area contributed by atoms with Gasteiger partial charge < -0.3 is 10.2 Å². The lowest BCUT2D eigenvalue weighted by molar-refractivity contribution is 0.252. The van der Waals surface area contributed by atoms with Crippen molar-refractivity contribution in [2.24, 2.45) is 5.10 Å². The number of carbonyl (C=O) groups excluding carboxylic acids is 1. The largest absolute Gasteiger partial charge is 0.366 e. The summed E-state index contributed by atoms with van der Waals surface area (Å²) >= 11 is 0. The van der Waals surface area contributed by atoms with Gasteiger partial charge >= 0.3 is 6.03 Å². The number of fused-ring (bicyclic) bond motifs is 1. The summed E-state index contributed by atoms with van der Waals surface area (Å²) in [6.07, 6.45) is 3.92. The average Bonchev–Trinajstić information content (AvgIpc) is 2.60. The van der Waals surface area contributed by atoms with Gasteiger partial charge in [-0.3, -0.25) is 0 Å². The number of para-hydroxylation sites is 1. The summed E-state index contributed by atoms with van der Waals surface area (Å²) in [6.45, 7) is 6.52. The van der Waals surface area contributed by atoms with E-state index in [0.717, 1.165) is 11.3 Å². The molecule has 0 aromatic heterocycles. The van der Waals surface area contributed by atoms with Gasteiger partial charge in [-0.15, -0.1) is 0 Å². The second-order valence-corrected chi connectivity index (χ2v) is 7.01. The number of allylic oxidation sites excluding steroid dienone is 1. The number of rotatable bonds is 3. The number of nitrogens with one attached hydrogen (secondary N) is 2. The number of urea groups is 1. The van der Waals surface area contributed by atoms with Gasteiger partial charge in [0.05, 0.1) is 11.8 Å². The molecule has 0 atom stereocenters. The third kappa shape index (κ3) is 3.77. The van der Waals surface area contributed by atoms with Crippen LogP contribution in [-0.4, -0.2) is 24.8 Å². The summed E-state index contributed by atoms with van der Waals surface area (Å²) in [5.74, 6) is 0. The molecule has 0 unspecified atom stereocenters. The predicted molar refractivity (Wildman–Crippen MR) is 109 cm³/mol. The monoisotopic (exact) mass is 348 g/mol. The minimum absolute atomic E-state index is 0.0101. The lowest BCUT2D eigenvalue weighted by Gasteiger charge is -2.40. The summed E-state index contributed by atoms with van der Waals surface area (Å²) in [7, 11) is 2.10. The van der Waals surface area contributed by atoms with Crippen LogP contribution in [0.3, 0.4) is 0 Å². The lowest BCUT2D eigenvalue weighted by Crippen LogP contribution is -2.42. The third-order valence-electron chi connectivity index (χ3n) is 4.65. The first-order chi connectivity index (χ1) is 12.4. The number of hydrogen-bond donors (Lipinski definition) is 2. The summed E-state index contributed by atoms with van der Waals surface area (Å²) < 4.78 is 0. The van der Waals surface area contributed by atoms with E-state index in [1.165, 1.54) is 16.8 Å². The van der Waals surface area contributed by atoms with Crippen LogP contribution in [-0.2, 0) is 0 Å². The van der Waals surface area contributed by atoms with Crippen LogP contribution >= 0.6 is 0 Å². The smallest absolute Gasteiger partial charge is 0.339 e. The maximum Gasteiger partial charge on any atom is 0.339 e. The molecular formula is C21H24N4O. The zero-order valence-electron chi connectivity index (χ0n) is 15.6. The third-order valence-corrected chi connectivity index (χ3v) is 4.65. The van der Waals surface area contributed by atoms with E-state index in [1.807, 2.05) is 36.4 Å². The van der Waals surface area contributed by atoms with Crippen molar-refractivity contribution in [2.45, 2.75) is 26.3 Å². The van der Waals surface area contributed by atoms with Crippen LogP contribution in [0.1, 0.15) is 31.9 Å². The zero-order valence-corrected chi connectivity index (χ0v) is 15.6. The molecule has 0 spiro atoms. The summed E-state index contributed by atoms with van der Waals surface area (Å²) in [4.78, 5) is 14.1. The fourth-order valence-corrected chi connectivity index (χ4v) is 3.10. The van der Waals surface area contributed by atoms with E-state index >= 15 is 0 Å². The first-order valence-electron chi connectivity index (χ1n) is 8.60. The van der Waals surface area contributed by atoms with Crippen LogP contribution in [0.5, 0.6) is 0 Å². The number of nitrogens with zero attached hydrogens (tertiary/aromatic N) is 2. The molecule has 0 saturated heterocycles. The van der Waals surface area contributed by atoms with E-state index in [1.54, 1.807) is 6.21 Å². The van der Waals surface area contributed by atoms with Crippen molar-refractivity contribution in [3.8, 4) is 0 Å². The Morgan fingerprint density at radius 3 is 2.62 bits per heavy atom. The van der Waals surface area contributed by atoms with Crippen molar-refractivity contribution in [3.63, 3.8) is 0 Å². The van der Waals surface area contributed by atoms with Crippen molar-refractivity contribution in [1.29, 1.82) is 0 Å². The fourth-order valence-electron chi connectivity index (χ4n) is 3.10. The van der Waals surface area contributed by atoms with Crippen molar-refractivity contribution < 1.29 is 4.79 Å². The van der Waals surface area contributed by atoms with Crippen LogP contribution in [0, 0.1) is 0 Å². The summed E-state index contributed by atoms with van der Waals surface area (Å²) in [6, 6.07) is 15.1. The Morgan fingerprint density at radius 2 is 1.88 bits per heavy atom. The molecule has 2 aromatic rings. The van der Waals surface area contributed by atoms with E-state index in [0.29, 0.717) is 0 Å². The van der Waals surface area contributed by atoms with Crippen LogP contribution < -0.4 is 15.6 Å². The van der Waals surface area contributed by atoms with Gasteiger partial charge in [0.25, 0.3) is 0 Å². The molecule has 2 N–H and O–H groups in total. The van der Waals surface area contributed by atoms with Gasteiger partial charge in [-0.2, -0.15) is 5.10 Å². The lowest BCUT2D eigenvalue weighted by atomic mass is 9.89. The van der Waals surface area contributed by atoms with Crippen LogP contribution in [0.4, 0.5) is 16.2 Å². The van der Waals surface area contributed by atoms with Crippen LogP contribution in [0.15, 0.2) is 59.7 Å². The molecule has 5 nitrogen and oxygen atoms in total. The number of amides is 2. The Morgan fingerprint density at radius 1 is 1.15 bits per heavy atom.